The topological polar surface area (TPSA) is 44.8 Å². The predicted octanol–water partition coefficient (Wildman–Crippen LogP) is 5.31. The van der Waals surface area contributed by atoms with Crippen molar-refractivity contribution in [1.82, 2.24) is 20.1 Å². The molecule has 29 heavy (non-hydrogen) atoms. The number of nitrogens with zero attached hydrogens (tertiary/aromatic N) is 3. The minimum absolute atomic E-state index is 0.482. The van der Waals surface area contributed by atoms with Crippen LogP contribution >= 0.6 is 0 Å². The van der Waals surface area contributed by atoms with Crippen molar-refractivity contribution in [2.45, 2.75) is 32.2 Å². The van der Waals surface area contributed by atoms with Crippen LogP contribution in [0.4, 0.5) is 0 Å². The quantitative estimate of drug-likeness (QED) is 0.520. The molecule has 2 aromatic carbocycles. The minimum Gasteiger partial charge on any atom is -0.298 e. The summed E-state index contributed by atoms with van der Waals surface area (Å²) < 4.78 is 0. The van der Waals surface area contributed by atoms with Gasteiger partial charge in [0.1, 0.15) is 0 Å². The van der Waals surface area contributed by atoms with Crippen molar-refractivity contribution in [1.29, 1.82) is 0 Å². The van der Waals surface area contributed by atoms with E-state index in [0.29, 0.717) is 5.92 Å². The number of likely N-dealkylation sites (tertiary alicyclic amines) is 1. The van der Waals surface area contributed by atoms with Gasteiger partial charge in [0.25, 0.3) is 0 Å². The SMILES string of the molecule is Cc1ccc(-c2cn[nH]c2[C@H]2CCCN(Cc3cccc4ncccc34)C2)cc1. The molecular weight excluding hydrogens is 356 g/mol. The Kier molecular flexibility index (Phi) is 4.86. The van der Waals surface area contributed by atoms with Gasteiger partial charge >= 0.3 is 0 Å². The Hall–Kier alpha value is -2.98. The number of aromatic nitrogens is 3. The van der Waals surface area contributed by atoms with Crippen LogP contribution in [0.2, 0.25) is 0 Å². The zero-order chi connectivity index (χ0) is 19.6. The molecule has 0 radical (unpaired) electrons. The number of aromatic amines is 1. The second-order valence-corrected chi connectivity index (χ2v) is 8.12. The Morgan fingerprint density at radius 2 is 1.97 bits per heavy atom. The zero-order valence-corrected chi connectivity index (χ0v) is 16.8. The first kappa shape index (κ1) is 18.1. The first-order valence-electron chi connectivity index (χ1n) is 10.4. The van der Waals surface area contributed by atoms with Gasteiger partial charge < -0.3 is 0 Å². The highest BCUT2D eigenvalue weighted by molar-refractivity contribution is 5.81. The van der Waals surface area contributed by atoms with E-state index in [1.54, 1.807) is 0 Å². The fourth-order valence-corrected chi connectivity index (χ4v) is 4.55. The lowest BCUT2D eigenvalue weighted by Gasteiger charge is -2.33. The van der Waals surface area contributed by atoms with E-state index in [9.17, 15) is 0 Å². The van der Waals surface area contributed by atoms with Gasteiger partial charge in [-0.15, -0.1) is 0 Å². The van der Waals surface area contributed by atoms with E-state index in [1.807, 2.05) is 18.5 Å². The molecule has 1 atom stereocenters. The fraction of sp³-hybridized carbons (Fsp3) is 0.280. The summed E-state index contributed by atoms with van der Waals surface area (Å²) in [6, 6.07) is 19.4. The van der Waals surface area contributed by atoms with Crippen LogP contribution in [-0.4, -0.2) is 33.2 Å². The molecule has 1 fully saturated rings. The van der Waals surface area contributed by atoms with E-state index < -0.39 is 0 Å². The number of hydrogen-bond donors (Lipinski definition) is 1. The average Bonchev–Trinajstić information content (AvgIpc) is 3.25. The Bertz CT molecular complexity index is 1110. The second kappa shape index (κ2) is 7.80. The zero-order valence-electron chi connectivity index (χ0n) is 16.8. The Labute approximate surface area is 171 Å². The molecule has 0 unspecified atom stereocenters. The fourth-order valence-electron chi connectivity index (χ4n) is 4.55. The molecule has 1 aliphatic rings. The number of hydrogen-bond acceptors (Lipinski definition) is 3. The van der Waals surface area contributed by atoms with Crippen molar-refractivity contribution >= 4 is 10.9 Å². The van der Waals surface area contributed by atoms with Gasteiger partial charge in [-0.1, -0.05) is 48.0 Å². The summed E-state index contributed by atoms with van der Waals surface area (Å²) in [6.07, 6.45) is 6.26. The summed E-state index contributed by atoms with van der Waals surface area (Å²) in [5, 5.41) is 8.97. The van der Waals surface area contributed by atoms with Crippen molar-refractivity contribution in [2.75, 3.05) is 13.1 Å². The van der Waals surface area contributed by atoms with E-state index >= 15 is 0 Å². The highest BCUT2D eigenvalue weighted by atomic mass is 15.2. The van der Waals surface area contributed by atoms with Crippen LogP contribution in [0.25, 0.3) is 22.0 Å². The lowest BCUT2D eigenvalue weighted by molar-refractivity contribution is 0.199. The summed E-state index contributed by atoms with van der Waals surface area (Å²) in [5.74, 6) is 0.482. The van der Waals surface area contributed by atoms with Gasteiger partial charge in [-0.2, -0.15) is 5.10 Å². The molecule has 0 amide bonds. The van der Waals surface area contributed by atoms with Crippen LogP contribution in [0, 0.1) is 6.92 Å². The largest absolute Gasteiger partial charge is 0.298 e. The van der Waals surface area contributed by atoms with Crippen molar-refractivity contribution in [3.05, 3.63) is 83.8 Å². The molecule has 0 bridgehead atoms. The highest BCUT2D eigenvalue weighted by Gasteiger charge is 2.25. The average molecular weight is 383 g/mol. The maximum absolute atomic E-state index is 4.51. The van der Waals surface area contributed by atoms with E-state index in [2.05, 4.69) is 75.5 Å². The Morgan fingerprint density at radius 3 is 2.86 bits per heavy atom. The van der Waals surface area contributed by atoms with Crippen molar-refractivity contribution in [3.63, 3.8) is 0 Å². The molecule has 0 spiro atoms. The van der Waals surface area contributed by atoms with Crippen molar-refractivity contribution in [3.8, 4) is 11.1 Å². The van der Waals surface area contributed by atoms with Gasteiger partial charge in [0, 0.05) is 41.8 Å². The summed E-state index contributed by atoms with van der Waals surface area (Å²) in [6.45, 7) is 5.29. The van der Waals surface area contributed by atoms with Crippen LogP contribution in [0.1, 0.15) is 35.6 Å². The van der Waals surface area contributed by atoms with Gasteiger partial charge in [-0.3, -0.25) is 15.0 Å². The van der Waals surface area contributed by atoms with Crippen LogP contribution in [0.3, 0.4) is 0 Å². The normalized spacial score (nSPS) is 17.6. The molecule has 0 aliphatic carbocycles. The van der Waals surface area contributed by atoms with E-state index in [1.165, 1.54) is 46.2 Å². The summed E-state index contributed by atoms with van der Waals surface area (Å²) in [5.41, 5.74) is 7.49. The number of benzene rings is 2. The highest BCUT2D eigenvalue weighted by Crippen LogP contribution is 2.34. The first-order chi connectivity index (χ1) is 14.3. The van der Waals surface area contributed by atoms with Crippen LogP contribution in [-0.2, 0) is 6.54 Å². The van der Waals surface area contributed by atoms with Crippen LogP contribution in [0.5, 0.6) is 0 Å². The van der Waals surface area contributed by atoms with E-state index in [-0.39, 0.29) is 0 Å². The maximum Gasteiger partial charge on any atom is 0.0705 e. The number of piperidine rings is 1. The van der Waals surface area contributed by atoms with Crippen LogP contribution < -0.4 is 0 Å². The molecule has 1 aliphatic heterocycles. The number of H-pyrrole nitrogens is 1. The van der Waals surface area contributed by atoms with Gasteiger partial charge in [-0.05, 0) is 49.6 Å². The lowest BCUT2D eigenvalue weighted by Crippen LogP contribution is -2.34. The molecule has 4 heteroatoms. The van der Waals surface area contributed by atoms with Gasteiger partial charge in [-0.25, -0.2) is 0 Å². The van der Waals surface area contributed by atoms with Gasteiger partial charge in [0.15, 0.2) is 0 Å². The third-order valence-corrected chi connectivity index (χ3v) is 6.08. The standard InChI is InChI=1S/C25H26N4/c1-18-9-11-19(12-10-18)23-15-27-28-25(23)21-6-4-14-29(17-21)16-20-5-2-8-24-22(20)7-3-13-26-24/h2-3,5,7-13,15,21H,4,6,14,16-17H2,1H3,(H,27,28)/t21-/m0/s1. The molecule has 3 heterocycles. The summed E-state index contributed by atoms with van der Waals surface area (Å²) in [7, 11) is 0. The van der Waals surface area contributed by atoms with Crippen molar-refractivity contribution < 1.29 is 0 Å². The smallest absolute Gasteiger partial charge is 0.0705 e. The third-order valence-electron chi connectivity index (χ3n) is 6.08. The van der Waals surface area contributed by atoms with E-state index in [0.717, 1.165) is 25.2 Å². The van der Waals surface area contributed by atoms with Gasteiger partial charge in [0.2, 0.25) is 0 Å². The van der Waals surface area contributed by atoms with Gasteiger partial charge in [0.05, 0.1) is 11.7 Å². The molecule has 1 saturated heterocycles. The molecule has 1 N–H and O–H groups in total. The Balaban J connectivity index is 1.38. The number of nitrogens with one attached hydrogen (secondary N) is 1. The number of rotatable bonds is 4. The minimum atomic E-state index is 0.482. The molecule has 5 rings (SSSR count). The number of aryl methyl sites for hydroxylation is 1. The molecule has 2 aromatic heterocycles. The lowest BCUT2D eigenvalue weighted by atomic mass is 9.90. The second-order valence-electron chi connectivity index (χ2n) is 8.12. The number of pyridine rings is 1. The molecule has 0 saturated carbocycles. The van der Waals surface area contributed by atoms with E-state index in [4.69, 9.17) is 0 Å². The summed E-state index contributed by atoms with van der Waals surface area (Å²) >= 11 is 0. The molecule has 146 valence electrons. The third kappa shape index (κ3) is 3.68. The predicted molar refractivity (Wildman–Crippen MR) is 118 cm³/mol. The molecular formula is C25H26N4. The molecule has 4 nitrogen and oxygen atoms in total. The van der Waals surface area contributed by atoms with Crippen LogP contribution in [0.15, 0.2) is 67.0 Å². The van der Waals surface area contributed by atoms with Crippen molar-refractivity contribution in [2.24, 2.45) is 0 Å². The maximum atomic E-state index is 4.51. The molecule has 4 aromatic rings. The first-order valence-corrected chi connectivity index (χ1v) is 10.4. The monoisotopic (exact) mass is 382 g/mol. The summed E-state index contributed by atoms with van der Waals surface area (Å²) in [4.78, 5) is 7.09. The Morgan fingerprint density at radius 1 is 1.07 bits per heavy atom. The number of fused-ring (bicyclic) bond motifs is 1.